The molecule has 0 spiro atoms. The number of ether oxygens (including phenoxy) is 2. The van der Waals surface area contributed by atoms with Gasteiger partial charge in [0.2, 0.25) is 0 Å². The van der Waals surface area contributed by atoms with Gasteiger partial charge in [-0.1, -0.05) is 60.7 Å². The average molecular weight is 480 g/mol. The van der Waals surface area contributed by atoms with Crippen molar-refractivity contribution in [1.82, 2.24) is 0 Å². The minimum Gasteiger partial charge on any atom is -0.497 e. The first-order valence-electron chi connectivity index (χ1n) is 11.7. The molecule has 36 heavy (non-hydrogen) atoms. The Labute approximate surface area is 209 Å². The Morgan fingerprint density at radius 1 is 0.722 bits per heavy atom. The van der Waals surface area contributed by atoms with Gasteiger partial charge in [0.05, 0.1) is 30.5 Å². The van der Waals surface area contributed by atoms with Gasteiger partial charge < -0.3 is 14.6 Å². The van der Waals surface area contributed by atoms with Gasteiger partial charge in [-0.2, -0.15) is 0 Å². The van der Waals surface area contributed by atoms with E-state index in [1.807, 2.05) is 85.8 Å². The normalized spacial score (nSPS) is 14.4. The number of anilines is 1. The number of rotatable bonds is 6. The first-order valence-corrected chi connectivity index (χ1v) is 11.7. The molecule has 3 heterocycles. The highest BCUT2D eigenvalue weighted by atomic mass is 16.5. The second-order valence-corrected chi connectivity index (χ2v) is 8.41. The summed E-state index contributed by atoms with van der Waals surface area (Å²) >= 11 is 0. The third kappa shape index (κ3) is 3.72. The van der Waals surface area contributed by atoms with E-state index in [0.717, 1.165) is 33.9 Å². The van der Waals surface area contributed by atoms with E-state index < -0.39 is 5.60 Å². The molecule has 4 bridgehead atoms. The van der Waals surface area contributed by atoms with Crippen molar-refractivity contribution in [2.45, 2.75) is 12.5 Å². The molecule has 6 heteroatoms. The molecule has 0 saturated carbocycles. The number of aliphatic hydroxyl groups is 1. The molecule has 6 nitrogen and oxygen atoms in total. The van der Waals surface area contributed by atoms with E-state index in [4.69, 9.17) is 9.47 Å². The highest BCUT2D eigenvalue weighted by molar-refractivity contribution is 6.44. The van der Waals surface area contributed by atoms with Crippen molar-refractivity contribution < 1.29 is 24.2 Å². The monoisotopic (exact) mass is 479 g/mol. The van der Waals surface area contributed by atoms with Crippen LogP contribution in [0, 0.1) is 0 Å². The summed E-state index contributed by atoms with van der Waals surface area (Å²) < 4.78 is 10.8. The lowest BCUT2D eigenvalue weighted by Gasteiger charge is -2.30. The van der Waals surface area contributed by atoms with Gasteiger partial charge in [0.15, 0.2) is 0 Å². The number of imide groups is 1. The quantitative estimate of drug-likeness (QED) is 0.305. The summed E-state index contributed by atoms with van der Waals surface area (Å²) in [5.41, 5.74) is 3.07. The lowest BCUT2D eigenvalue weighted by molar-refractivity contribution is 0.0912. The molecule has 7 rings (SSSR count). The molecule has 180 valence electrons. The number of hydrogen-bond donors (Lipinski definition) is 1. The Kier molecular flexibility index (Phi) is 6.04. The first-order chi connectivity index (χ1) is 17.5. The maximum atomic E-state index is 11.7. The van der Waals surface area contributed by atoms with Crippen molar-refractivity contribution in [2.75, 3.05) is 18.6 Å². The van der Waals surface area contributed by atoms with Crippen LogP contribution in [0.4, 0.5) is 5.69 Å². The van der Waals surface area contributed by atoms with Crippen molar-refractivity contribution in [1.29, 1.82) is 0 Å². The molecule has 2 amide bonds. The second-order valence-electron chi connectivity index (χ2n) is 8.41. The highest BCUT2D eigenvalue weighted by Gasteiger charge is 2.49. The third-order valence-electron chi connectivity index (χ3n) is 6.42. The Morgan fingerprint density at radius 2 is 1.31 bits per heavy atom. The van der Waals surface area contributed by atoms with Crippen LogP contribution in [0.5, 0.6) is 11.5 Å². The van der Waals surface area contributed by atoms with Gasteiger partial charge in [0.25, 0.3) is 11.8 Å². The van der Waals surface area contributed by atoms with Gasteiger partial charge in [-0.05, 0) is 60.0 Å². The van der Waals surface area contributed by atoms with Crippen molar-refractivity contribution in [2.24, 2.45) is 0 Å². The minimum atomic E-state index is -1.25. The Bertz CT molecular complexity index is 1410. The fourth-order valence-electron chi connectivity index (χ4n) is 4.59. The van der Waals surface area contributed by atoms with Crippen molar-refractivity contribution in [3.05, 3.63) is 125 Å². The van der Waals surface area contributed by atoms with Crippen LogP contribution in [0.15, 0.2) is 97.1 Å². The summed E-state index contributed by atoms with van der Waals surface area (Å²) in [5.74, 6) is 1.24. The zero-order chi connectivity index (χ0) is 25.3. The lowest BCUT2D eigenvalue weighted by Crippen LogP contribution is -2.35. The van der Waals surface area contributed by atoms with Crippen LogP contribution in [0.2, 0.25) is 0 Å². The second kappa shape index (κ2) is 9.32. The van der Waals surface area contributed by atoms with E-state index in [1.165, 1.54) is 4.90 Å². The molecule has 4 aromatic carbocycles. The van der Waals surface area contributed by atoms with E-state index >= 15 is 0 Å². The summed E-state index contributed by atoms with van der Waals surface area (Å²) in [7, 11) is 1.63. The first kappa shape index (κ1) is 23.3. The number of carbonyl (C=O) groups is 2. The SMILES string of the molecule is CCOc1ccc(C(O)(c2ccccc2)c2ccc(OC)cc2)cc1.O=C1c2cccc3c2C(=O)N13. The topological polar surface area (TPSA) is 76.1 Å². The molecular weight excluding hydrogens is 454 g/mol. The third-order valence-corrected chi connectivity index (χ3v) is 6.42. The molecule has 0 saturated heterocycles. The molecular formula is C30H25NO5. The summed E-state index contributed by atoms with van der Waals surface area (Å²) in [6.07, 6.45) is 0. The van der Waals surface area contributed by atoms with Crippen LogP contribution in [-0.2, 0) is 5.60 Å². The minimum absolute atomic E-state index is 0.138. The Morgan fingerprint density at radius 3 is 1.83 bits per heavy atom. The molecule has 1 atom stereocenters. The maximum Gasteiger partial charge on any atom is 0.268 e. The largest absolute Gasteiger partial charge is 0.497 e. The van der Waals surface area contributed by atoms with Gasteiger partial charge >= 0.3 is 0 Å². The van der Waals surface area contributed by atoms with Gasteiger partial charge in [0, 0.05) is 0 Å². The molecule has 3 aliphatic rings. The molecule has 0 aliphatic carbocycles. The molecule has 0 aromatic heterocycles. The van der Waals surface area contributed by atoms with Crippen LogP contribution in [0.25, 0.3) is 0 Å². The predicted molar refractivity (Wildman–Crippen MR) is 137 cm³/mol. The molecule has 4 aromatic rings. The van der Waals surface area contributed by atoms with Crippen LogP contribution < -0.4 is 14.4 Å². The van der Waals surface area contributed by atoms with E-state index in [1.54, 1.807) is 25.3 Å². The van der Waals surface area contributed by atoms with Crippen molar-refractivity contribution in [3.63, 3.8) is 0 Å². The number of carbonyl (C=O) groups excluding carboxylic acids is 2. The van der Waals surface area contributed by atoms with Gasteiger partial charge in [-0.25, -0.2) is 4.90 Å². The van der Waals surface area contributed by atoms with Crippen LogP contribution in [0.1, 0.15) is 44.3 Å². The smallest absolute Gasteiger partial charge is 0.268 e. The molecule has 3 aliphatic heterocycles. The van der Waals surface area contributed by atoms with Crippen molar-refractivity contribution >= 4 is 17.5 Å². The van der Waals surface area contributed by atoms with Gasteiger partial charge in [-0.3, -0.25) is 9.59 Å². The van der Waals surface area contributed by atoms with E-state index in [0.29, 0.717) is 17.7 Å². The Balaban J connectivity index is 0.000000198. The van der Waals surface area contributed by atoms with Crippen molar-refractivity contribution in [3.8, 4) is 11.5 Å². The average Bonchev–Trinajstić information content (AvgIpc) is 3.29. The predicted octanol–water partition coefficient (Wildman–Crippen LogP) is 5.18. The summed E-state index contributed by atoms with van der Waals surface area (Å²) in [5, 5.41) is 11.7. The van der Waals surface area contributed by atoms with Crippen LogP contribution >= 0.6 is 0 Å². The van der Waals surface area contributed by atoms with E-state index in [9.17, 15) is 14.7 Å². The zero-order valence-corrected chi connectivity index (χ0v) is 20.0. The van der Waals surface area contributed by atoms with E-state index in [2.05, 4.69) is 0 Å². The number of methoxy groups -OCH3 is 1. The fourth-order valence-corrected chi connectivity index (χ4v) is 4.59. The molecule has 0 fully saturated rings. The van der Waals surface area contributed by atoms with E-state index in [-0.39, 0.29) is 11.8 Å². The fraction of sp³-hybridized carbons (Fsp3) is 0.133. The van der Waals surface area contributed by atoms with Crippen LogP contribution in [0.3, 0.4) is 0 Å². The lowest BCUT2D eigenvalue weighted by atomic mass is 9.80. The number of benzene rings is 4. The van der Waals surface area contributed by atoms with Gasteiger partial charge in [-0.15, -0.1) is 0 Å². The summed E-state index contributed by atoms with van der Waals surface area (Å²) in [6.45, 7) is 2.56. The molecule has 1 N–H and O–H groups in total. The number of nitrogens with zero attached hydrogens (tertiary/aromatic N) is 1. The zero-order valence-electron chi connectivity index (χ0n) is 20.0. The maximum absolute atomic E-state index is 11.7. The van der Waals surface area contributed by atoms with Crippen LogP contribution in [-0.4, -0.2) is 30.6 Å². The van der Waals surface area contributed by atoms with Gasteiger partial charge in [0.1, 0.15) is 17.1 Å². The highest BCUT2D eigenvalue weighted by Crippen LogP contribution is 2.43. The molecule has 0 radical (unpaired) electrons. The summed E-state index contributed by atoms with van der Waals surface area (Å²) in [6, 6.07) is 30.0. The Hall–Kier alpha value is -4.42. The number of hydrogen-bond acceptors (Lipinski definition) is 5. The standard InChI is InChI=1S/C22H22O3.C8H3NO2/c1-3-25-21-15-11-19(12-16-21)22(23,17-7-5-4-6-8-17)18-9-13-20(24-2)14-10-18;10-7-4-2-1-3-5-6(4)8(11)9(5)7/h4-16,23H,3H2,1-2H3;1-3H. The summed E-state index contributed by atoms with van der Waals surface area (Å²) in [4.78, 5) is 23.4. The molecule has 1 unspecified atom stereocenters. The number of amides is 2.